The van der Waals surface area contributed by atoms with Crippen LogP contribution in [0.15, 0.2) is 36.4 Å². The van der Waals surface area contributed by atoms with Crippen LogP contribution >= 0.6 is 0 Å². The number of nitrogens with one attached hydrogen (secondary N) is 1. The monoisotopic (exact) mass is 379 g/mol. The number of benzene rings is 2. The fourth-order valence-electron chi connectivity index (χ4n) is 3.98. The molecule has 1 aliphatic carbocycles. The summed E-state index contributed by atoms with van der Waals surface area (Å²) < 4.78 is 6.10. The van der Waals surface area contributed by atoms with E-state index in [-0.39, 0.29) is 11.9 Å². The smallest absolute Gasteiger partial charge is 0.261 e. The van der Waals surface area contributed by atoms with Crippen molar-refractivity contribution < 1.29 is 9.53 Å². The highest BCUT2D eigenvalue weighted by Gasteiger charge is 2.23. The Hall–Kier alpha value is -2.29. The van der Waals surface area contributed by atoms with Crippen molar-refractivity contribution in [3.05, 3.63) is 64.2 Å². The molecule has 0 heterocycles. The second-order valence-electron chi connectivity index (χ2n) is 7.92. The number of amides is 1. The van der Waals surface area contributed by atoms with E-state index in [4.69, 9.17) is 4.74 Å². The molecule has 0 bridgehead atoms. The largest absolute Gasteiger partial charge is 0.480 e. The molecule has 0 fully saturated rings. The average Bonchev–Trinajstić information content (AvgIpc) is 2.72. The molecule has 0 spiro atoms. The minimum Gasteiger partial charge on any atom is -0.480 e. The van der Waals surface area contributed by atoms with Crippen LogP contribution in [0.25, 0.3) is 0 Å². The summed E-state index contributed by atoms with van der Waals surface area (Å²) in [6, 6.07) is 12.7. The third-order valence-corrected chi connectivity index (χ3v) is 5.99. The molecule has 3 rings (SSSR count). The number of hydrogen-bond donors (Lipinski definition) is 1. The van der Waals surface area contributed by atoms with Crippen molar-refractivity contribution in [1.82, 2.24) is 5.32 Å². The molecule has 28 heavy (non-hydrogen) atoms. The molecule has 1 amide bonds. The lowest BCUT2D eigenvalue weighted by atomic mass is 9.88. The molecule has 0 aromatic heterocycles. The van der Waals surface area contributed by atoms with Crippen LogP contribution in [0.4, 0.5) is 0 Å². The number of rotatable bonds is 7. The van der Waals surface area contributed by atoms with Gasteiger partial charge in [0, 0.05) is 0 Å². The Bertz CT molecular complexity index is 827. The standard InChI is InChI=1S/C25H33NO2/c1-5-22(21-15-14-19-11-7-8-12-20(19)16-21)26-25(27)23(6-2)28-24-13-9-10-17(3)18(24)4/h9-10,13-16,22-23H,5-8,11-12H2,1-4H3,(H,26,27). The van der Waals surface area contributed by atoms with Crippen LogP contribution in [0.1, 0.15) is 73.4 Å². The predicted molar refractivity (Wildman–Crippen MR) is 115 cm³/mol. The van der Waals surface area contributed by atoms with Gasteiger partial charge in [0.2, 0.25) is 0 Å². The summed E-state index contributed by atoms with van der Waals surface area (Å²) in [5.41, 5.74) is 6.40. The molecule has 3 heteroatoms. The van der Waals surface area contributed by atoms with E-state index in [9.17, 15) is 4.79 Å². The minimum atomic E-state index is -0.479. The molecule has 0 saturated carbocycles. The Morgan fingerprint density at radius 3 is 2.50 bits per heavy atom. The van der Waals surface area contributed by atoms with Crippen molar-refractivity contribution in [2.45, 2.75) is 78.4 Å². The van der Waals surface area contributed by atoms with Crippen molar-refractivity contribution in [3.63, 3.8) is 0 Å². The van der Waals surface area contributed by atoms with Gasteiger partial charge in [-0.3, -0.25) is 4.79 Å². The van der Waals surface area contributed by atoms with Gasteiger partial charge in [0.15, 0.2) is 6.10 Å². The summed E-state index contributed by atoms with van der Waals surface area (Å²) >= 11 is 0. The molecule has 3 nitrogen and oxygen atoms in total. The normalized spacial score (nSPS) is 15.4. The van der Waals surface area contributed by atoms with Crippen molar-refractivity contribution in [1.29, 1.82) is 0 Å². The van der Waals surface area contributed by atoms with Gasteiger partial charge in [0.25, 0.3) is 5.91 Å². The van der Waals surface area contributed by atoms with E-state index in [1.165, 1.54) is 41.5 Å². The lowest BCUT2D eigenvalue weighted by Crippen LogP contribution is -2.40. The van der Waals surface area contributed by atoms with Crippen LogP contribution in [-0.4, -0.2) is 12.0 Å². The Morgan fingerprint density at radius 1 is 1.04 bits per heavy atom. The maximum absolute atomic E-state index is 13.0. The first-order valence-electron chi connectivity index (χ1n) is 10.7. The first kappa shape index (κ1) is 20.4. The Morgan fingerprint density at radius 2 is 1.79 bits per heavy atom. The van der Waals surface area contributed by atoms with Crippen LogP contribution in [0, 0.1) is 13.8 Å². The van der Waals surface area contributed by atoms with Gasteiger partial charge in [-0.15, -0.1) is 0 Å². The van der Waals surface area contributed by atoms with E-state index in [0.717, 1.165) is 24.2 Å². The minimum absolute atomic E-state index is 0.0241. The summed E-state index contributed by atoms with van der Waals surface area (Å²) in [6.07, 6.45) is 5.91. The summed E-state index contributed by atoms with van der Waals surface area (Å²) in [5, 5.41) is 3.23. The highest BCUT2D eigenvalue weighted by Crippen LogP contribution is 2.27. The van der Waals surface area contributed by atoms with Gasteiger partial charge in [0.1, 0.15) is 5.75 Å². The Kier molecular flexibility index (Phi) is 6.77. The van der Waals surface area contributed by atoms with Crippen LogP contribution in [-0.2, 0) is 17.6 Å². The second-order valence-corrected chi connectivity index (χ2v) is 7.92. The lowest BCUT2D eigenvalue weighted by molar-refractivity contribution is -0.129. The molecule has 1 aliphatic rings. The molecule has 2 atom stereocenters. The van der Waals surface area contributed by atoms with Crippen LogP contribution in [0.5, 0.6) is 5.75 Å². The predicted octanol–water partition coefficient (Wildman–Crippen LogP) is 5.61. The van der Waals surface area contributed by atoms with Gasteiger partial charge in [-0.05, 0) is 86.3 Å². The number of carbonyl (C=O) groups excluding carboxylic acids is 1. The maximum Gasteiger partial charge on any atom is 0.261 e. The second kappa shape index (κ2) is 9.27. The highest BCUT2D eigenvalue weighted by molar-refractivity contribution is 5.81. The molecule has 2 unspecified atom stereocenters. The van der Waals surface area contributed by atoms with Crippen molar-refractivity contribution >= 4 is 5.91 Å². The number of hydrogen-bond acceptors (Lipinski definition) is 2. The van der Waals surface area contributed by atoms with Crippen LogP contribution in [0.3, 0.4) is 0 Å². The zero-order chi connectivity index (χ0) is 20.1. The van der Waals surface area contributed by atoms with Crippen LogP contribution < -0.4 is 10.1 Å². The molecule has 150 valence electrons. The zero-order valence-electron chi connectivity index (χ0n) is 17.7. The third-order valence-electron chi connectivity index (χ3n) is 5.99. The van der Waals surface area contributed by atoms with E-state index in [1.807, 2.05) is 26.0 Å². The van der Waals surface area contributed by atoms with E-state index in [0.29, 0.717) is 6.42 Å². The molecular weight excluding hydrogens is 346 g/mol. The fourth-order valence-corrected chi connectivity index (χ4v) is 3.98. The summed E-state index contributed by atoms with van der Waals surface area (Å²) in [6.45, 7) is 8.22. The topological polar surface area (TPSA) is 38.3 Å². The SMILES string of the molecule is CCC(Oc1cccc(C)c1C)C(=O)NC(CC)c1ccc2c(c1)CCCC2. The third kappa shape index (κ3) is 4.57. The average molecular weight is 380 g/mol. The van der Waals surface area contributed by atoms with Crippen LogP contribution in [0.2, 0.25) is 0 Å². The maximum atomic E-state index is 13.0. The molecule has 0 aliphatic heterocycles. The van der Waals surface area contributed by atoms with Gasteiger partial charge in [-0.25, -0.2) is 0 Å². The van der Waals surface area contributed by atoms with Gasteiger partial charge < -0.3 is 10.1 Å². The van der Waals surface area contributed by atoms with E-state index >= 15 is 0 Å². The molecular formula is C25H33NO2. The van der Waals surface area contributed by atoms with E-state index in [2.05, 4.69) is 43.4 Å². The van der Waals surface area contributed by atoms with Gasteiger partial charge in [-0.2, -0.15) is 0 Å². The number of fused-ring (bicyclic) bond motifs is 1. The Balaban J connectivity index is 1.72. The van der Waals surface area contributed by atoms with Gasteiger partial charge >= 0.3 is 0 Å². The number of ether oxygens (including phenoxy) is 1. The summed E-state index contributed by atoms with van der Waals surface area (Å²) in [7, 11) is 0. The van der Waals surface area contributed by atoms with Crippen molar-refractivity contribution in [2.24, 2.45) is 0 Å². The van der Waals surface area contributed by atoms with Gasteiger partial charge in [0.05, 0.1) is 6.04 Å². The number of carbonyl (C=O) groups is 1. The van der Waals surface area contributed by atoms with Gasteiger partial charge in [-0.1, -0.05) is 44.2 Å². The molecule has 0 saturated heterocycles. The fraction of sp³-hybridized carbons (Fsp3) is 0.480. The van der Waals surface area contributed by atoms with E-state index < -0.39 is 6.10 Å². The summed E-state index contributed by atoms with van der Waals surface area (Å²) in [5.74, 6) is 0.761. The molecule has 2 aromatic rings. The lowest BCUT2D eigenvalue weighted by Gasteiger charge is -2.25. The quantitative estimate of drug-likeness (QED) is 0.679. The molecule has 1 N–H and O–H groups in total. The first-order chi connectivity index (χ1) is 13.5. The van der Waals surface area contributed by atoms with E-state index in [1.54, 1.807) is 0 Å². The first-order valence-corrected chi connectivity index (χ1v) is 10.7. The highest BCUT2D eigenvalue weighted by atomic mass is 16.5. The Labute approximate surface area is 169 Å². The van der Waals surface area contributed by atoms with Crippen molar-refractivity contribution in [2.75, 3.05) is 0 Å². The number of aryl methyl sites for hydroxylation is 3. The summed E-state index contributed by atoms with van der Waals surface area (Å²) in [4.78, 5) is 13.0. The molecule has 2 aromatic carbocycles. The molecule has 0 radical (unpaired) electrons. The van der Waals surface area contributed by atoms with Crippen molar-refractivity contribution in [3.8, 4) is 5.75 Å². The zero-order valence-corrected chi connectivity index (χ0v) is 17.7.